The molecule has 240 valence electrons. The van der Waals surface area contributed by atoms with E-state index in [1.54, 1.807) is 54.6 Å². The molecule has 0 aromatic heterocycles. The molecule has 3 aromatic rings. The molecule has 2 fully saturated rings. The summed E-state index contributed by atoms with van der Waals surface area (Å²) >= 11 is 0. The predicted octanol–water partition coefficient (Wildman–Crippen LogP) is 8.06. The fraction of sp³-hybridized carbons (Fsp3) is 0.444. The number of urea groups is 1. The van der Waals surface area contributed by atoms with Crippen molar-refractivity contribution in [2.24, 2.45) is 5.92 Å². The third-order valence-electron chi connectivity index (χ3n) is 8.80. The van der Waals surface area contributed by atoms with E-state index in [0.29, 0.717) is 53.3 Å². The first kappa shape index (κ1) is 32.3. The minimum Gasteiger partial charge on any atom is -0.457 e. The van der Waals surface area contributed by atoms with Crippen LogP contribution < -0.4 is 20.1 Å². The van der Waals surface area contributed by atoms with Gasteiger partial charge in [0.1, 0.15) is 28.8 Å². The Kier molecular flexibility index (Phi) is 11.3. The average Bonchev–Trinajstić information content (AvgIpc) is 3.05. The summed E-state index contributed by atoms with van der Waals surface area (Å²) in [4.78, 5) is 30.3. The summed E-state index contributed by atoms with van der Waals surface area (Å²) in [5, 5.41) is 6.15. The van der Waals surface area contributed by atoms with E-state index in [9.17, 15) is 14.0 Å². The molecule has 5 rings (SSSR count). The molecule has 2 aliphatic rings. The van der Waals surface area contributed by atoms with Crippen LogP contribution >= 0.6 is 0 Å². The molecule has 3 aromatic carbocycles. The number of hydrogen-bond acceptors (Lipinski definition) is 5. The highest BCUT2D eigenvalue weighted by Gasteiger charge is 2.23. The lowest BCUT2D eigenvalue weighted by Gasteiger charge is -2.36. The third-order valence-corrected chi connectivity index (χ3v) is 8.80. The molecule has 1 heterocycles. The second-order valence-electron chi connectivity index (χ2n) is 12.1. The Bertz CT molecular complexity index is 1400. The molecule has 1 saturated heterocycles. The van der Waals surface area contributed by atoms with Crippen molar-refractivity contribution in [1.29, 1.82) is 0 Å². The van der Waals surface area contributed by atoms with Crippen LogP contribution in [0.2, 0.25) is 0 Å². The molecular weight excluding hydrogens is 571 g/mol. The number of rotatable bonds is 11. The maximum absolute atomic E-state index is 13.5. The largest absolute Gasteiger partial charge is 0.457 e. The summed E-state index contributed by atoms with van der Waals surface area (Å²) in [5.41, 5.74) is 1.09. The van der Waals surface area contributed by atoms with Gasteiger partial charge in [0.05, 0.1) is 0 Å². The van der Waals surface area contributed by atoms with Gasteiger partial charge in [-0.3, -0.25) is 9.69 Å². The molecule has 0 radical (unpaired) electrons. The molecular formula is C36H45FN4O4. The highest BCUT2D eigenvalue weighted by molar-refractivity contribution is 5.94. The average molecular weight is 617 g/mol. The minimum atomic E-state index is -0.358. The zero-order chi connectivity index (χ0) is 31.6. The van der Waals surface area contributed by atoms with Crippen LogP contribution in [0.3, 0.4) is 0 Å². The number of carbonyl (C=O) groups is 2. The maximum atomic E-state index is 13.5. The van der Waals surface area contributed by atoms with Gasteiger partial charge in [0.15, 0.2) is 0 Å². The smallest absolute Gasteiger partial charge is 0.321 e. The van der Waals surface area contributed by atoms with E-state index in [-0.39, 0.29) is 23.8 Å². The van der Waals surface area contributed by atoms with Gasteiger partial charge < -0.3 is 25.0 Å². The SMILES string of the molecule is CCC(CC)CN1CCN(C(=O)Nc2cc(Oc3ccc(F)cc3)cc(Oc3ccc(C(=O)NC4CCCCC4)cc3)c2)CC1. The molecule has 0 bridgehead atoms. The quantitative estimate of drug-likeness (QED) is 0.228. The van der Waals surface area contributed by atoms with Crippen LogP contribution in [0.25, 0.3) is 0 Å². The number of carbonyl (C=O) groups excluding carboxylic acids is 2. The molecule has 8 nitrogen and oxygen atoms in total. The van der Waals surface area contributed by atoms with Crippen molar-refractivity contribution in [3.63, 3.8) is 0 Å². The molecule has 9 heteroatoms. The number of nitrogens with one attached hydrogen (secondary N) is 2. The Labute approximate surface area is 265 Å². The first-order valence-corrected chi connectivity index (χ1v) is 16.3. The normalized spacial score (nSPS) is 16.0. The zero-order valence-electron chi connectivity index (χ0n) is 26.4. The van der Waals surface area contributed by atoms with Crippen molar-refractivity contribution >= 4 is 17.6 Å². The van der Waals surface area contributed by atoms with Gasteiger partial charge in [-0.15, -0.1) is 0 Å². The molecule has 1 saturated carbocycles. The van der Waals surface area contributed by atoms with Crippen LogP contribution in [-0.4, -0.2) is 60.5 Å². The highest BCUT2D eigenvalue weighted by Crippen LogP contribution is 2.33. The van der Waals surface area contributed by atoms with Gasteiger partial charge in [0, 0.05) is 68.2 Å². The van der Waals surface area contributed by atoms with E-state index in [1.807, 2.05) is 4.90 Å². The van der Waals surface area contributed by atoms with Gasteiger partial charge in [-0.2, -0.15) is 0 Å². The van der Waals surface area contributed by atoms with E-state index in [2.05, 4.69) is 29.4 Å². The minimum absolute atomic E-state index is 0.0791. The molecule has 3 amide bonds. The summed E-state index contributed by atoms with van der Waals surface area (Å²) in [5.74, 6) is 2.10. The summed E-state index contributed by atoms with van der Waals surface area (Å²) in [7, 11) is 0. The maximum Gasteiger partial charge on any atom is 0.321 e. The van der Waals surface area contributed by atoms with Crippen molar-refractivity contribution in [1.82, 2.24) is 15.1 Å². The van der Waals surface area contributed by atoms with E-state index in [4.69, 9.17) is 9.47 Å². The second-order valence-corrected chi connectivity index (χ2v) is 12.1. The van der Waals surface area contributed by atoms with Crippen molar-refractivity contribution in [3.05, 3.63) is 78.1 Å². The first-order chi connectivity index (χ1) is 21.9. The van der Waals surface area contributed by atoms with Crippen LogP contribution in [0.4, 0.5) is 14.9 Å². The van der Waals surface area contributed by atoms with Crippen LogP contribution in [0.15, 0.2) is 66.7 Å². The Balaban J connectivity index is 1.26. The second kappa shape index (κ2) is 15.8. The Hall–Kier alpha value is -4.11. The fourth-order valence-electron chi connectivity index (χ4n) is 5.97. The number of anilines is 1. The van der Waals surface area contributed by atoms with Gasteiger partial charge in [-0.1, -0.05) is 46.0 Å². The van der Waals surface area contributed by atoms with Crippen LogP contribution in [0.5, 0.6) is 23.0 Å². The van der Waals surface area contributed by atoms with Crippen molar-refractivity contribution in [2.45, 2.75) is 64.8 Å². The number of benzene rings is 3. The molecule has 45 heavy (non-hydrogen) atoms. The van der Waals surface area contributed by atoms with Crippen molar-refractivity contribution in [2.75, 3.05) is 38.0 Å². The van der Waals surface area contributed by atoms with Crippen LogP contribution in [-0.2, 0) is 0 Å². The monoisotopic (exact) mass is 616 g/mol. The number of halogens is 1. The van der Waals surface area contributed by atoms with Gasteiger partial charge in [-0.25, -0.2) is 9.18 Å². The predicted molar refractivity (Wildman–Crippen MR) is 175 cm³/mol. The third kappa shape index (κ3) is 9.44. The van der Waals surface area contributed by atoms with Crippen molar-refractivity contribution in [3.8, 4) is 23.0 Å². The number of amides is 3. The lowest BCUT2D eigenvalue weighted by Crippen LogP contribution is -2.50. The van der Waals surface area contributed by atoms with Gasteiger partial charge >= 0.3 is 6.03 Å². The number of nitrogens with zero attached hydrogens (tertiary/aromatic N) is 2. The van der Waals surface area contributed by atoms with Crippen LogP contribution in [0.1, 0.15) is 69.2 Å². The summed E-state index contributed by atoms with van der Waals surface area (Å²) in [6.07, 6.45) is 7.91. The summed E-state index contributed by atoms with van der Waals surface area (Å²) < 4.78 is 25.6. The molecule has 0 atom stereocenters. The van der Waals surface area contributed by atoms with Gasteiger partial charge in [0.2, 0.25) is 0 Å². The lowest BCUT2D eigenvalue weighted by atomic mass is 9.95. The Morgan fingerprint density at radius 1 is 0.800 bits per heavy atom. The van der Waals surface area contributed by atoms with E-state index >= 15 is 0 Å². The first-order valence-electron chi connectivity index (χ1n) is 16.3. The topological polar surface area (TPSA) is 83.1 Å². The Morgan fingerprint density at radius 2 is 1.38 bits per heavy atom. The summed E-state index contributed by atoms with van der Waals surface area (Å²) in [6, 6.07) is 18.0. The number of ether oxygens (including phenoxy) is 2. The van der Waals surface area contributed by atoms with Crippen LogP contribution in [0, 0.1) is 11.7 Å². The molecule has 0 spiro atoms. The number of piperazine rings is 1. The summed E-state index contributed by atoms with van der Waals surface area (Å²) in [6.45, 7) is 8.54. The molecule has 1 aliphatic heterocycles. The van der Waals surface area contributed by atoms with E-state index in [1.165, 1.54) is 18.6 Å². The van der Waals surface area contributed by atoms with Gasteiger partial charge in [0.25, 0.3) is 5.91 Å². The van der Waals surface area contributed by atoms with Gasteiger partial charge in [-0.05, 0) is 67.3 Å². The molecule has 1 aliphatic carbocycles. The highest BCUT2D eigenvalue weighted by atomic mass is 19.1. The molecule has 0 unspecified atom stereocenters. The fourth-order valence-corrected chi connectivity index (χ4v) is 5.97. The zero-order valence-corrected chi connectivity index (χ0v) is 26.4. The van der Waals surface area contributed by atoms with E-state index in [0.717, 1.165) is 58.2 Å². The Morgan fingerprint density at radius 3 is 1.96 bits per heavy atom. The lowest BCUT2D eigenvalue weighted by molar-refractivity contribution is 0.0927. The molecule has 2 N–H and O–H groups in total. The number of hydrogen-bond donors (Lipinski definition) is 2. The van der Waals surface area contributed by atoms with E-state index < -0.39 is 0 Å². The van der Waals surface area contributed by atoms with Crippen molar-refractivity contribution < 1.29 is 23.5 Å². The standard InChI is InChI=1S/C36H45FN4O4/c1-3-26(4-2)25-40-18-20-41(21-19-40)36(43)39-30-22-33(24-34(23-30)45-32-16-12-28(37)13-17-32)44-31-14-10-27(11-15-31)35(42)38-29-8-6-5-7-9-29/h10-17,22-24,26,29H,3-9,18-21,25H2,1-2H3,(H,38,42)(H,39,43).